The number of fused-ring (bicyclic) bond motifs is 2. The van der Waals surface area contributed by atoms with E-state index in [4.69, 9.17) is 10.2 Å². The zero-order chi connectivity index (χ0) is 17.4. The maximum Gasteiger partial charge on any atom is 0.248 e. The maximum absolute atomic E-state index is 12.4. The van der Waals surface area contributed by atoms with Gasteiger partial charge in [0.25, 0.3) is 0 Å². The molecule has 0 spiro atoms. The zero-order valence-corrected chi connectivity index (χ0v) is 13.7. The summed E-state index contributed by atoms with van der Waals surface area (Å²) in [7, 11) is 0. The van der Waals surface area contributed by atoms with Crippen LogP contribution < -0.4 is 11.1 Å². The van der Waals surface area contributed by atoms with E-state index in [0.29, 0.717) is 11.3 Å². The van der Waals surface area contributed by atoms with E-state index < -0.39 is 5.91 Å². The van der Waals surface area contributed by atoms with Gasteiger partial charge in [-0.05, 0) is 60.7 Å². The highest BCUT2D eigenvalue weighted by Crippen LogP contribution is 2.30. The van der Waals surface area contributed by atoms with E-state index in [0.717, 1.165) is 29.4 Å². The van der Waals surface area contributed by atoms with Gasteiger partial charge in [0.2, 0.25) is 11.8 Å². The highest BCUT2D eigenvalue weighted by Gasteiger charge is 2.17. The summed E-state index contributed by atoms with van der Waals surface area (Å²) in [5, 5.41) is 3.81. The number of amides is 2. The minimum atomic E-state index is -0.522. The van der Waals surface area contributed by atoms with E-state index in [9.17, 15) is 9.59 Å². The summed E-state index contributed by atoms with van der Waals surface area (Å²) in [6.45, 7) is 0. The van der Waals surface area contributed by atoms with Crippen LogP contribution in [-0.4, -0.2) is 11.8 Å². The first-order chi connectivity index (χ1) is 12.1. The first-order valence-corrected chi connectivity index (χ1v) is 8.32. The number of benzene rings is 2. The fraction of sp³-hybridized carbons (Fsp3) is 0.200. The van der Waals surface area contributed by atoms with Crippen molar-refractivity contribution in [3.05, 3.63) is 64.9 Å². The summed E-state index contributed by atoms with van der Waals surface area (Å²) in [5.41, 5.74) is 10.6. The third-order valence-corrected chi connectivity index (χ3v) is 4.65. The van der Waals surface area contributed by atoms with Crippen LogP contribution in [0.1, 0.15) is 33.5 Å². The van der Waals surface area contributed by atoms with Crippen molar-refractivity contribution >= 4 is 28.5 Å². The molecule has 0 radical (unpaired) electrons. The van der Waals surface area contributed by atoms with Crippen molar-refractivity contribution in [2.24, 2.45) is 5.73 Å². The molecule has 1 aliphatic carbocycles. The lowest BCUT2D eigenvalue weighted by Crippen LogP contribution is -2.15. The van der Waals surface area contributed by atoms with Crippen molar-refractivity contribution in [1.82, 2.24) is 0 Å². The molecule has 0 saturated carbocycles. The standard InChI is InChI=1S/C20H18N2O3/c21-20(24)14-5-2-6-16(7-14)22-19(23)10-15-11-25-18-9-13-4-1-3-12(13)8-17(15)18/h2,5-9,11H,1,3-4,10H2,(H2,21,24)(H,22,23). The Morgan fingerprint density at radius 2 is 1.92 bits per heavy atom. The molecule has 126 valence electrons. The molecule has 0 fully saturated rings. The number of primary amides is 1. The molecule has 1 aromatic heterocycles. The summed E-state index contributed by atoms with van der Waals surface area (Å²) < 4.78 is 5.63. The highest BCUT2D eigenvalue weighted by molar-refractivity contribution is 5.98. The summed E-state index contributed by atoms with van der Waals surface area (Å²) in [5.74, 6) is -0.685. The predicted molar refractivity (Wildman–Crippen MR) is 95.5 cm³/mol. The first kappa shape index (κ1) is 15.4. The molecule has 4 rings (SSSR count). The molecule has 3 N–H and O–H groups in total. The van der Waals surface area contributed by atoms with Crippen molar-refractivity contribution in [1.29, 1.82) is 0 Å². The van der Waals surface area contributed by atoms with Gasteiger partial charge >= 0.3 is 0 Å². The minimum absolute atomic E-state index is 0.162. The lowest BCUT2D eigenvalue weighted by atomic mass is 10.0. The normalized spacial score (nSPS) is 13.0. The molecule has 25 heavy (non-hydrogen) atoms. The Bertz CT molecular complexity index is 988. The van der Waals surface area contributed by atoms with Gasteiger partial charge in [0.1, 0.15) is 5.58 Å². The van der Waals surface area contributed by atoms with E-state index in [1.54, 1.807) is 30.5 Å². The number of nitrogens with one attached hydrogen (secondary N) is 1. The molecular formula is C20H18N2O3. The molecule has 5 heteroatoms. The minimum Gasteiger partial charge on any atom is -0.464 e. The predicted octanol–water partition coefficient (Wildman–Crippen LogP) is 3.20. The fourth-order valence-corrected chi connectivity index (χ4v) is 3.41. The quantitative estimate of drug-likeness (QED) is 0.768. The zero-order valence-electron chi connectivity index (χ0n) is 13.7. The molecular weight excluding hydrogens is 316 g/mol. The first-order valence-electron chi connectivity index (χ1n) is 8.32. The van der Waals surface area contributed by atoms with Crippen LogP contribution in [0.3, 0.4) is 0 Å². The summed E-state index contributed by atoms with van der Waals surface area (Å²) in [4.78, 5) is 23.6. The van der Waals surface area contributed by atoms with Gasteiger partial charge in [0.15, 0.2) is 0 Å². The Labute approximate surface area is 144 Å². The van der Waals surface area contributed by atoms with Crippen LogP contribution in [-0.2, 0) is 24.1 Å². The average Bonchev–Trinajstić information content (AvgIpc) is 3.19. The van der Waals surface area contributed by atoms with E-state index in [1.165, 1.54) is 17.5 Å². The Kier molecular flexibility index (Phi) is 3.76. The van der Waals surface area contributed by atoms with Crippen LogP contribution in [0.4, 0.5) is 5.69 Å². The van der Waals surface area contributed by atoms with Crippen molar-refractivity contribution in [2.75, 3.05) is 5.32 Å². The number of rotatable bonds is 4. The van der Waals surface area contributed by atoms with E-state index in [-0.39, 0.29) is 12.3 Å². The molecule has 0 bridgehead atoms. The van der Waals surface area contributed by atoms with Crippen molar-refractivity contribution in [3.8, 4) is 0 Å². The van der Waals surface area contributed by atoms with Gasteiger partial charge in [-0.1, -0.05) is 6.07 Å². The Morgan fingerprint density at radius 3 is 2.72 bits per heavy atom. The second kappa shape index (κ2) is 6.09. The maximum atomic E-state index is 12.4. The number of furan rings is 1. The number of hydrogen-bond acceptors (Lipinski definition) is 3. The number of carbonyl (C=O) groups is 2. The number of hydrogen-bond donors (Lipinski definition) is 2. The third kappa shape index (κ3) is 3.01. The van der Waals surface area contributed by atoms with Gasteiger partial charge in [-0.2, -0.15) is 0 Å². The van der Waals surface area contributed by atoms with E-state index in [1.807, 2.05) is 0 Å². The van der Waals surface area contributed by atoms with Crippen LogP contribution in [0.25, 0.3) is 11.0 Å². The Morgan fingerprint density at radius 1 is 1.12 bits per heavy atom. The Balaban J connectivity index is 1.54. The molecule has 1 heterocycles. The van der Waals surface area contributed by atoms with E-state index in [2.05, 4.69) is 17.4 Å². The van der Waals surface area contributed by atoms with Crippen molar-refractivity contribution < 1.29 is 14.0 Å². The lowest BCUT2D eigenvalue weighted by molar-refractivity contribution is -0.115. The molecule has 2 amide bonds. The number of anilines is 1. The van der Waals surface area contributed by atoms with Gasteiger partial charge in [-0.15, -0.1) is 0 Å². The van der Waals surface area contributed by atoms with Gasteiger partial charge in [0.05, 0.1) is 12.7 Å². The molecule has 0 saturated heterocycles. The van der Waals surface area contributed by atoms with Gasteiger partial charge < -0.3 is 15.5 Å². The molecule has 2 aromatic carbocycles. The molecule has 0 atom stereocenters. The summed E-state index contributed by atoms with van der Waals surface area (Å²) >= 11 is 0. The van der Waals surface area contributed by atoms with Crippen LogP contribution in [0.2, 0.25) is 0 Å². The molecule has 5 nitrogen and oxygen atoms in total. The average molecular weight is 334 g/mol. The Hall–Kier alpha value is -3.08. The van der Waals surface area contributed by atoms with Crippen molar-refractivity contribution in [2.45, 2.75) is 25.7 Å². The monoisotopic (exact) mass is 334 g/mol. The molecule has 3 aromatic rings. The second-order valence-corrected chi connectivity index (χ2v) is 6.40. The summed E-state index contributed by atoms with van der Waals surface area (Å²) in [6.07, 6.45) is 5.22. The largest absolute Gasteiger partial charge is 0.464 e. The van der Waals surface area contributed by atoms with Crippen LogP contribution in [0.15, 0.2) is 47.1 Å². The van der Waals surface area contributed by atoms with Crippen LogP contribution >= 0.6 is 0 Å². The molecule has 0 aliphatic heterocycles. The van der Waals surface area contributed by atoms with Gasteiger partial charge in [-0.3, -0.25) is 9.59 Å². The molecule has 0 unspecified atom stereocenters. The summed E-state index contributed by atoms with van der Waals surface area (Å²) in [6, 6.07) is 10.8. The lowest BCUT2D eigenvalue weighted by Gasteiger charge is -2.06. The van der Waals surface area contributed by atoms with Gasteiger partial charge in [-0.25, -0.2) is 0 Å². The van der Waals surface area contributed by atoms with Crippen LogP contribution in [0.5, 0.6) is 0 Å². The second-order valence-electron chi connectivity index (χ2n) is 6.40. The number of carbonyl (C=O) groups excluding carboxylic acids is 2. The van der Waals surface area contributed by atoms with Crippen molar-refractivity contribution in [3.63, 3.8) is 0 Å². The SMILES string of the molecule is NC(=O)c1cccc(NC(=O)Cc2coc3cc4c(cc23)CCC4)c1. The number of aryl methyl sites for hydroxylation is 2. The smallest absolute Gasteiger partial charge is 0.248 e. The van der Waals surface area contributed by atoms with Gasteiger partial charge in [0, 0.05) is 22.2 Å². The van der Waals surface area contributed by atoms with Crippen LogP contribution in [0, 0.1) is 0 Å². The molecule has 1 aliphatic rings. The highest BCUT2D eigenvalue weighted by atomic mass is 16.3. The third-order valence-electron chi connectivity index (χ3n) is 4.65. The topological polar surface area (TPSA) is 85.3 Å². The number of nitrogens with two attached hydrogens (primary N) is 1. The van der Waals surface area contributed by atoms with E-state index >= 15 is 0 Å². The fourth-order valence-electron chi connectivity index (χ4n) is 3.41.